The zero-order chi connectivity index (χ0) is 20.3. The van der Waals surface area contributed by atoms with Crippen molar-refractivity contribution >= 4 is 22.8 Å². The van der Waals surface area contributed by atoms with Crippen LogP contribution < -0.4 is 5.56 Å². The minimum Gasteiger partial charge on any atom is -0.267 e. The first kappa shape index (κ1) is 19.0. The van der Waals surface area contributed by atoms with E-state index in [0.29, 0.717) is 16.2 Å². The van der Waals surface area contributed by atoms with Crippen molar-refractivity contribution in [2.24, 2.45) is 0 Å². The van der Waals surface area contributed by atoms with Gasteiger partial charge in [0.2, 0.25) is 0 Å². The molecule has 0 unspecified atom stereocenters. The lowest BCUT2D eigenvalue weighted by atomic mass is 10.0. The molecule has 148 valence electrons. The fraction of sp³-hybridized carbons (Fsp3) is 0.444. The average Bonchev–Trinajstić information content (AvgIpc) is 3.42. The van der Waals surface area contributed by atoms with Gasteiger partial charge in [-0.15, -0.1) is 0 Å². The Bertz CT molecular complexity index is 1110. The van der Waals surface area contributed by atoms with Crippen LogP contribution in [0.25, 0.3) is 16.9 Å². The number of nitrogens with zero attached hydrogens (tertiary/aromatic N) is 5. The highest BCUT2D eigenvalue weighted by Gasteiger charge is 2.65. The fourth-order valence-corrected chi connectivity index (χ4v) is 3.72. The summed E-state index contributed by atoms with van der Waals surface area (Å²) in [5, 5.41) is 0.767. The normalized spacial score (nSPS) is 16.1. The van der Waals surface area contributed by atoms with Gasteiger partial charge in [-0.2, -0.15) is 13.2 Å². The summed E-state index contributed by atoms with van der Waals surface area (Å²) in [6, 6.07) is 4.29. The third-order valence-corrected chi connectivity index (χ3v) is 5.57. The van der Waals surface area contributed by atoms with E-state index in [4.69, 9.17) is 0 Å². The molecular formula is C18H18F3N5OS. The molecule has 1 fully saturated rings. The second-order valence-electron chi connectivity index (χ2n) is 7.11. The van der Waals surface area contributed by atoms with Crippen molar-refractivity contribution in [2.45, 2.75) is 49.5 Å². The minimum atomic E-state index is -4.36. The second-order valence-corrected chi connectivity index (χ2v) is 7.88. The smallest absolute Gasteiger partial charge is 0.267 e. The maximum absolute atomic E-state index is 13.6. The number of alkyl halides is 3. The summed E-state index contributed by atoms with van der Waals surface area (Å²) in [5.74, 6) is 0.236. The highest BCUT2D eigenvalue weighted by atomic mass is 32.2. The summed E-state index contributed by atoms with van der Waals surface area (Å²) in [6.45, 7) is 3.64. The number of hydrogen-bond acceptors (Lipinski definition) is 5. The Labute approximate surface area is 162 Å². The molecule has 0 bridgehead atoms. The van der Waals surface area contributed by atoms with Gasteiger partial charge in [-0.05, 0) is 45.1 Å². The zero-order valence-electron chi connectivity index (χ0n) is 15.5. The molecule has 0 aromatic carbocycles. The summed E-state index contributed by atoms with van der Waals surface area (Å²) in [4.78, 5) is 25.8. The standard InChI is InChI=1S/C18H18F3N5OS/c1-10(2)25-15(27)11-9-22-16(28-3)24-14(11)26(25)13-6-4-5-12(23-13)17(7-8-17)18(19,20)21/h4-6,9-10H,7-8H2,1-3H3. The van der Waals surface area contributed by atoms with Crippen molar-refractivity contribution in [2.75, 3.05) is 6.26 Å². The van der Waals surface area contributed by atoms with Crippen molar-refractivity contribution in [1.29, 1.82) is 0 Å². The van der Waals surface area contributed by atoms with Crippen LogP contribution >= 0.6 is 11.8 Å². The minimum absolute atomic E-state index is 0.0230. The molecule has 10 heteroatoms. The third-order valence-electron chi connectivity index (χ3n) is 5.01. The maximum Gasteiger partial charge on any atom is 0.399 e. The van der Waals surface area contributed by atoms with Gasteiger partial charge < -0.3 is 0 Å². The molecule has 0 spiro atoms. The SMILES string of the molecule is CSc1ncc2c(=O)n(C(C)C)n(-c3cccc(C4(C(F)(F)F)CC4)n3)c2n1. The van der Waals surface area contributed by atoms with E-state index < -0.39 is 11.6 Å². The van der Waals surface area contributed by atoms with Gasteiger partial charge in [-0.25, -0.2) is 24.3 Å². The van der Waals surface area contributed by atoms with Gasteiger partial charge in [0.05, 0.1) is 5.69 Å². The molecule has 3 aromatic heterocycles. The van der Waals surface area contributed by atoms with E-state index >= 15 is 0 Å². The molecule has 0 N–H and O–H groups in total. The molecule has 1 aliphatic carbocycles. The predicted octanol–water partition coefficient (Wildman–Crippen LogP) is 3.87. The number of halogens is 3. The van der Waals surface area contributed by atoms with Crippen LogP contribution in [0.3, 0.4) is 0 Å². The second kappa shape index (κ2) is 6.33. The Morgan fingerprint density at radius 2 is 1.93 bits per heavy atom. The molecule has 0 atom stereocenters. The van der Waals surface area contributed by atoms with Crippen LogP contribution in [0.1, 0.15) is 38.4 Å². The van der Waals surface area contributed by atoms with E-state index in [1.807, 2.05) is 20.1 Å². The Morgan fingerprint density at radius 3 is 2.50 bits per heavy atom. The van der Waals surface area contributed by atoms with Crippen LogP contribution in [0.5, 0.6) is 0 Å². The first-order valence-corrected chi connectivity index (χ1v) is 10.0. The molecule has 0 aliphatic heterocycles. The summed E-state index contributed by atoms with van der Waals surface area (Å²) in [7, 11) is 0. The number of fused-ring (bicyclic) bond motifs is 1. The van der Waals surface area contributed by atoms with E-state index in [0.717, 1.165) is 0 Å². The molecule has 1 saturated carbocycles. The zero-order valence-corrected chi connectivity index (χ0v) is 16.3. The highest BCUT2D eigenvalue weighted by Crippen LogP contribution is 2.58. The summed E-state index contributed by atoms with van der Waals surface area (Å²) < 4.78 is 43.6. The van der Waals surface area contributed by atoms with E-state index in [1.54, 1.807) is 12.1 Å². The van der Waals surface area contributed by atoms with Gasteiger partial charge in [0.25, 0.3) is 5.56 Å². The van der Waals surface area contributed by atoms with Crippen molar-refractivity contribution < 1.29 is 13.2 Å². The van der Waals surface area contributed by atoms with Gasteiger partial charge in [-0.3, -0.25) is 4.79 Å². The van der Waals surface area contributed by atoms with Crippen LogP contribution in [0.15, 0.2) is 34.3 Å². The number of rotatable bonds is 4. The molecule has 4 rings (SSSR count). The lowest BCUT2D eigenvalue weighted by Gasteiger charge is -2.20. The molecule has 3 aromatic rings. The Hall–Kier alpha value is -2.36. The molecular weight excluding hydrogens is 391 g/mol. The van der Waals surface area contributed by atoms with Gasteiger partial charge in [0.15, 0.2) is 16.6 Å². The van der Waals surface area contributed by atoms with Crippen molar-refractivity contribution in [3.63, 3.8) is 0 Å². The Balaban J connectivity index is 1.98. The van der Waals surface area contributed by atoms with Crippen LogP contribution in [-0.4, -0.2) is 36.7 Å². The Morgan fingerprint density at radius 1 is 1.21 bits per heavy atom. The van der Waals surface area contributed by atoms with E-state index in [1.165, 1.54) is 33.4 Å². The maximum atomic E-state index is 13.6. The number of hydrogen-bond donors (Lipinski definition) is 0. The van der Waals surface area contributed by atoms with Crippen LogP contribution in [0, 0.1) is 0 Å². The van der Waals surface area contributed by atoms with Gasteiger partial charge in [-0.1, -0.05) is 17.8 Å². The predicted molar refractivity (Wildman–Crippen MR) is 100 cm³/mol. The molecule has 1 aliphatic rings. The molecule has 3 heterocycles. The summed E-state index contributed by atoms with van der Waals surface area (Å²) in [5.41, 5.74) is -1.89. The monoisotopic (exact) mass is 409 g/mol. The van der Waals surface area contributed by atoms with Gasteiger partial charge >= 0.3 is 6.18 Å². The fourth-order valence-electron chi connectivity index (χ4n) is 3.39. The molecule has 6 nitrogen and oxygen atoms in total. The van der Waals surface area contributed by atoms with E-state index in [-0.39, 0.29) is 36.0 Å². The summed E-state index contributed by atoms with van der Waals surface area (Å²) >= 11 is 1.32. The quantitative estimate of drug-likeness (QED) is 0.483. The van der Waals surface area contributed by atoms with Crippen LogP contribution in [0.4, 0.5) is 13.2 Å². The number of pyridine rings is 1. The first-order chi connectivity index (χ1) is 13.2. The third kappa shape index (κ3) is 2.73. The molecule has 0 saturated heterocycles. The largest absolute Gasteiger partial charge is 0.399 e. The molecule has 0 radical (unpaired) electrons. The van der Waals surface area contributed by atoms with Crippen LogP contribution in [0.2, 0.25) is 0 Å². The van der Waals surface area contributed by atoms with E-state index in [9.17, 15) is 18.0 Å². The molecule has 28 heavy (non-hydrogen) atoms. The van der Waals surface area contributed by atoms with Crippen molar-refractivity contribution in [3.05, 3.63) is 40.4 Å². The van der Waals surface area contributed by atoms with Crippen molar-refractivity contribution in [3.8, 4) is 5.82 Å². The topological polar surface area (TPSA) is 65.6 Å². The first-order valence-electron chi connectivity index (χ1n) is 8.78. The van der Waals surface area contributed by atoms with Gasteiger partial charge in [0.1, 0.15) is 10.8 Å². The summed E-state index contributed by atoms with van der Waals surface area (Å²) in [6.07, 6.45) is -1.05. The highest BCUT2D eigenvalue weighted by molar-refractivity contribution is 7.98. The van der Waals surface area contributed by atoms with Gasteiger partial charge in [0, 0.05) is 12.2 Å². The van der Waals surface area contributed by atoms with Crippen molar-refractivity contribution in [1.82, 2.24) is 24.3 Å². The molecule has 0 amide bonds. The lowest BCUT2D eigenvalue weighted by Crippen LogP contribution is -2.30. The Kier molecular flexibility index (Phi) is 4.29. The average molecular weight is 409 g/mol. The number of thioether (sulfide) groups is 1. The van der Waals surface area contributed by atoms with E-state index in [2.05, 4.69) is 15.0 Å². The van der Waals surface area contributed by atoms with Crippen LogP contribution in [-0.2, 0) is 5.41 Å². The number of aromatic nitrogens is 5. The lowest BCUT2D eigenvalue weighted by molar-refractivity contribution is -0.161.